The van der Waals surface area contributed by atoms with E-state index in [4.69, 9.17) is 34.2 Å². The van der Waals surface area contributed by atoms with E-state index in [2.05, 4.69) is 9.97 Å². The Labute approximate surface area is 260 Å². The van der Waals surface area contributed by atoms with Crippen molar-refractivity contribution < 1.29 is 33.2 Å². The normalized spacial score (nSPS) is 10.8. The lowest BCUT2D eigenvalue weighted by Gasteiger charge is -2.17. The Morgan fingerprint density at radius 3 is 1.86 bits per heavy atom. The average Bonchev–Trinajstić information content (AvgIpc) is 2.94. The number of nitrogen functional groups attached to an aromatic ring is 1. The smallest absolute Gasteiger partial charge is 0.377 e. The fraction of sp³-hybridized carbons (Fsp3) is 0.424. The highest BCUT2D eigenvalue weighted by molar-refractivity contribution is 5.86. The minimum absolute atomic E-state index is 0. The molecule has 1 aromatic heterocycles. The summed E-state index contributed by atoms with van der Waals surface area (Å²) in [5, 5.41) is 0. The monoisotopic (exact) mass is 613 g/mol. The Hall–Kier alpha value is -4.67. The first-order valence-electron chi connectivity index (χ1n) is 13.8. The molecule has 0 spiro atoms. The molecule has 0 aliphatic carbocycles. The minimum Gasteiger partial charge on any atom is -0.500 e. The van der Waals surface area contributed by atoms with Gasteiger partial charge >= 0.3 is 5.97 Å². The van der Waals surface area contributed by atoms with Gasteiger partial charge in [-0.3, -0.25) is 9.78 Å². The minimum atomic E-state index is -0.562. The SMILES string of the molecule is C.CCOC(=O)/C(=C\OC)Oc1cc(C)c(OC)cc1C(C)C.COc1cc(C(C)C)c(Oc2cnc(N)[nH]c2=O)cc1C. The number of benzene rings is 2. The van der Waals surface area contributed by atoms with E-state index in [1.165, 1.54) is 19.6 Å². The highest BCUT2D eigenvalue weighted by atomic mass is 16.6. The largest absolute Gasteiger partial charge is 0.500 e. The Kier molecular flexibility index (Phi) is 14.8. The van der Waals surface area contributed by atoms with Gasteiger partial charge in [0.05, 0.1) is 34.1 Å². The molecule has 0 saturated heterocycles. The van der Waals surface area contributed by atoms with Crippen LogP contribution in [-0.2, 0) is 14.3 Å². The summed E-state index contributed by atoms with van der Waals surface area (Å²) in [5.74, 6) is 2.80. The van der Waals surface area contributed by atoms with Gasteiger partial charge in [-0.15, -0.1) is 0 Å². The topological polar surface area (TPSA) is 144 Å². The third kappa shape index (κ3) is 9.96. The molecule has 11 heteroatoms. The molecule has 3 N–H and O–H groups in total. The number of carbonyl (C=O) groups is 1. The summed E-state index contributed by atoms with van der Waals surface area (Å²) in [7, 11) is 4.70. The number of nitrogens with zero attached hydrogens (tertiary/aromatic N) is 1. The second-order valence-electron chi connectivity index (χ2n) is 10.1. The van der Waals surface area contributed by atoms with Crippen molar-refractivity contribution >= 4 is 11.9 Å². The molecule has 0 amide bonds. The number of nitrogens with one attached hydrogen (secondary N) is 1. The van der Waals surface area contributed by atoms with Crippen molar-refractivity contribution in [2.75, 3.05) is 33.7 Å². The van der Waals surface area contributed by atoms with Crippen LogP contribution < -0.4 is 30.2 Å². The number of nitrogens with two attached hydrogens (primary N) is 1. The maximum absolute atomic E-state index is 11.9. The predicted octanol–water partition coefficient (Wildman–Crippen LogP) is 6.78. The van der Waals surface area contributed by atoms with Crippen LogP contribution in [0.1, 0.15) is 76.1 Å². The highest BCUT2D eigenvalue weighted by Gasteiger charge is 2.19. The van der Waals surface area contributed by atoms with Crippen LogP contribution in [0.5, 0.6) is 28.7 Å². The van der Waals surface area contributed by atoms with Crippen molar-refractivity contribution in [3.63, 3.8) is 0 Å². The van der Waals surface area contributed by atoms with Gasteiger partial charge in [0.1, 0.15) is 29.3 Å². The van der Waals surface area contributed by atoms with Crippen molar-refractivity contribution in [1.82, 2.24) is 9.97 Å². The summed E-state index contributed by atoms with van der Waals surface area (Å²) < 4.78 is 32.0. The number of aryl methyl sites for hydroxylation is 2. The quantitative estimate of drug-likeness (QED) is 0.135. The maximum Gasteiger partial charge on any atom is 0.377 e. The summed E-state index contributed by atoms with van der Waals surface area (Å²) in [6.07, 6.45) is 2.56. The van der Waals surface area contributed by atoms with E-state index in [9.17, 15) is 9.59 Å². The summed E-state index contributed by atoms with van der Waals surface area (Å²) in [6, 6.07) is 7.54. The van der Waals surface area contributed by atoms with Gasteiger partial charge in [0.15, 0.2) is 5.95 Å². The fourth-order valence-corrected chi connectivity index (χ4v) is 4.00. The molecule has 2 aromatic carbocycles. The van der Waals surface area contributed by atoms with Gasteiger partial charge in [0, 0.05) is 11.1 Å². The number of aromatic nitrogens is 2. The van der Waals surface area contributed by atoms with Crippen molar-refractivity contribution in [2.45, 2.75) is 67.7 Å². The molecule has 3 rings (SSSR count). The molecule has 11 nitrogen and oxygen atoms in total. The number of hydrogen-bond acceptors (Lipinski definition) is 10. The van der Waals surface area contributed by atoms with Crippen LogP contribution in [0.15, 0.2) is 47.3 Å². The third-order valence-corrected chi connectivity index (χ3v) is 6.23. The molecule has 0 aliphatic rings. The summed E-state index contributed by atoms with van der Waals surface area (Å²) in [4.78, 5) is 30.0. The number of methoxy groups -OCH3 is 3. The number of H-pyrrole nitrogens is 1. The predicted molar refractivity (Wildman–Crippen MR) is 172 cm³/mol. The number of aromatic amines is 1. The van der Waals surface area contributed by atoms with Crippen LogP contribution in [0.25, 0.3) is 0 Å². The number of rotatable bonds is 11. The van der Waals surface area contributed by atoms with Crippen LogP contribution >= 0.6 is 0 Å². The van der Waals surface area contributed by atoms with E-state index in [-0.39, 0.29) is 43.3 Å². The Morgan fingerprint density at radius 2 is 1.41 bits per heavy atom. The Balaban J connectivity index is 0.000000430. The van der Waals surface area contributed by atoms with E-state index >= 15 is 0 Å². The zero-order valence-corrected chi connectivity index (χ0v) is 26.6. The van der Waals surface area contributed by atoms with Gasteiger partial charge < -0.3 is 34.2 Å². The molecular weight excluding hydrogens is 566 g/mol. The van der Waals surface area contributed by atoms with E-state index in [0.29, 0.717) is 11.5 Å². The summed E-state index contributed by atoms with van der Waals surface area (Å²) in [6.45, 7) is 14.0. The first-order chi connectivity index (χ1) is 20.4. The molecule has 0 radical (unpaired) electrons. The van der Waals surface area contributed by atoms with Crippen LogP contribution in [0.2, 0.25) is 0 Å². The summed E-state index contributed by atoms with van der Waals surface area (Å²) >= 11 is 0. The van der Waals surface area contributed by atoms with Gasteiger partial charge in [-0.05, 0) is 68.0 Å². The Morgan fingerprint density at radius 1 is 0.886 bits per heavy atom. The number of hydrogen-bond donors (Lipinski definition) is 2. The molecule has 0 atom stereocenters. The van der Waals surface area contributed by atoms with Crippen LogP contribution in [0.3, 0.4) is 0 Å². The lowest BCUT2D eigenvalue weighted by Crippen LogP contribution is -2.14. The van der Waals surface area contributed by atoms with Crippen LogP contribution in [0.4, 0.5) is 5.95 Å². The van der Waals surface area contributed by atoms with E-state index in [1.54, 1.807) is 21.1 Å². The zero-order valence-electron chi connectivity index (χ0n) is 26.6. The van der Waals surface area contributed by atoms with E-state index < -0.39 is 11.5 Å². The van der Waals surface area contributed by atoms with Gasteiger partial charge in [-0.2, -0.15) is 0 Å². The second-order valence-corrected chi connectivity index (χ2v) is 10.1. The van der Waals surface area contributed by atoms with Crippen LogP contribution in [0, 0.1) is 13.8 Å². The van der Waals surface area contributed by atoms with Crippen molar-refractivity contribution in [1.29, 1.82) is 0 Å². The third-order valence-electron chi connectivity index (χ3n) is 6.23. The Bertz CT molecular complexity index is 1480. The van der Waals surface area contributed by atoms with Gasteiger partial charge in [-0.1, -0.05) is 35.1 Å². The second kappa shape index (κ2) is 17.4. The molecule has 0 fully saturated rings. The van der Waals surface area contributed by atoms with Gasteiger partial charge in [-0.25, -0.2) is 9.78 Å². The average molecular weight is 614 g/mol. The number of ether oxygens (including phenoxy) is 6. The van der Waals surface area contributed by atoms with Crippen molar-refractivity contribution in [3.8, 4) is 28.7 Å². The molecule has 0 bridgehead atoms. The lowest BCUT2D eigenvalue weighted by molar-refractivity contribution is -0.141. The molecule has 44 heavy (non-hydrogen) atoms. The number of anilines is 1. The highest BCUT2D eigenvalue weighted by Crippen LogP contribution is 2.36. The molecule has 3 aromatic rings. The van der Waals surface area contributed by atoms with Crippen LogP contribution in [-0.4, -0.2) is 43.9 Å². The molecule has 0 aliphatic heterocycles. The van der Waals surface area contributed by atoms with E-state index in [1.807, 2.05) is 65.8 Å². The lowest BCUT2D eigenvalue weighted by atomic mass is 10.00. The molecular formula is C33H47N3O8. The van der Waals surface area contributed by atoms with E-state index in [0.717, 1.165) is 33.8 Å². The molecule has 242 valence electrons. The standard InChI is InChI=1S/C17H24O5.C15H19N3O3.CH4/c1-7-21-17(18)16(10-19-5)22-15-8-12(4)14(20-6)9-13(15)11(2)3;1-8(2)10-6-11(20-4)9(3)5-12(10)21-13-7-17-15(16)18-14(13)19;/h8-11H,7H2,1-6H3;5-8H,1-4H3,(H3,16,17,18,19);1H4/b16-10+;;. The molecule has 0 unspecified atom stereocenters. The summed E-state index contributed by atoms with van der Waals surface area (Å²) in [5.41, 5.74) is 8.75. The maximum atomic E-state index is 11.9. The number of esters is 1. The fourth-order valence-electron chi connectivity index (χ4n) is 4.00. The zero-order chi connectivity index (χ0) is 32.3. The van der Waals surface area contributed by atoms with Gasteiger partial charge in [0.2, 0.25) is 11.5 Å². The number of carbonyl (C=O) groups excluding carboxylic acids is 1. The molecule has 0 saturated carbocycles. The van der Waals surface area contributed by atoms with Crippen molar-refractivity contribution in [2.24, 2.45) is 0 Å². The van der Waals surface area contributed by atoms with Gasteiger partial charge in [0.25, 0.3) is 5.56 Å². The molecule has 1 heterocycles. The first kappa shape index (κ1) is 37.4. The van der Waals surface area contributed by atoms with Crippen molar-refractivity contribution in [3.05, 3.63) is 75.1 Å². The first-order valence-corrected chi connectivity index (χ1v) is 13.8.